The first-order valence-corrected chi connectivity index (χ1v) is 9.05. The van der Waals surface area contributed by atoms with Crippen LogP contribution < -0.4 is 4.74 Å². The van der Waals surface area contributed by atoms with Gasteiger partial charge in [0, 0.05) is 15.9 Å². The number of thiazole rings is 1. The summed E-state index contributed by atoms with van der Waals surface area (Å²) in [6.07, 6.45) is 0. The number of aromatic nitrogens is 1. The SMILES string of the molecule is COc1ccc(Br)cc1-c1nc(COC(=O)c2ccc(F)cc2F)cs1. The lowest BCUT2D eigenvalue weighted by molar-refractivity contribution is 0.0463. The van der Waals surface area contributed by atoms with E-state index < -0.39 is 17.6 Å². The summed E-state index contributed by atoms with van der Waals surface area (Å²) in [4.78, 5) is 16.4. The molecular weight excluding hydrogens is 428 g/mol. The van der Waals surface area contributed by atoms with Crippen LogP contribution >= 0.6 is 27.3 Å². The Kier molecular flexibility index (Phi) is 5.63. The van der Waals surface area contributed by atoms with Gasteiger partial charge in [0.15, 0.2) is 0 Å². The zero-order valence-electron chi connectivity index (χ0n) is 13.5. The van der Waals surface area contributed by atoms with E-state index in [0.717, 1.165) is 22.2 Å². The second-order valence-corrected chi connectivity index (χ2v) is 6.96. The van der Waals surface area contributed by atoms with E-state index in [1.54, 1.807) is 12.5 Å². The molecule has 26 heavy (non-hydrogen) atoms. The molecule has 0 aliphatic rings. The third kappa shape index (κ3) is 4.08. The molecule has 0 N–H and O–H groups in total. The average molecular weight is 440 g/mol. The van der Waals surface area contributed by atoms with Crippen LogP contribution in [0.3, 0.4) is 0 Å². The number of hydrogen-bond donors (Lipinski definition) is 0. The van der Waals surface area contributed by atoms with Crippen LogP contribution in [-0.4, -0.2) is 18.1 Å². The largest absolute Gasteiger partial charge is 0.496 e. The highest BCUT2D eigenvalue weighted by Crippen LogP contribution is 2.34. The summed E-state index contributed by atoms with van der Waals surface area (Å²) in [6.45, 7) is -0.123. The van der Waals surface area contributed by atoms with Crippen molar-refractivity contribution in [3.63, 3.8) is 0 Å². The monoisotopic (exact) mass is 439 g/mol. The van der Waals surface area contributed by atoms with Crippen LogP contribution in [0.1, 0.15) is 16.1 Å². The highest BCUT2D eigenvalue weighted by Gasteiger charge is 2.16. The van der Waals surface area contributed by atoms with Gasteiger partial charge < -0.3 is 9.47 Å². The van der Waals surface area contributed by atoms with Gasteiger partial charge in [-0.25, -0.2) is 18.6 Å². The molecule has 0 fully saturated rings. The Morgan fingerprint density at radius 3 is 2.77 bits per heavy atom. The number of nitrogens with zero attached hydrogens (tertiary/aromatic N) is 1. The summed E-state index contributed by atoms with van der Waals surface area (Å²) < 4.78 is 37.8. The molecule has 0 amide bonds. The van der Waals surface area contributed by atoms with E-state index in [0.29, 0.717) is 22.5 Å². The quantitative estimate of drug-likeness (QED) is 0.511. The number of carbonyl (C=O) groups excluding carboxylic acids is 1. The standard InChI is InChI=1S/C18H12BrF2NO3S/c1-24-16-5-2-10(19)6-14(16)17-22-12(9-26-17)8-25-18(23)13-4-3-11(20)7-15(13)21/h2-7,9H,8H2,1H3. The van der Waals surface area contributed by atoms with Gasteiger partial charge in [-0.15, -0.1) is 11.3 Å². The van der Waals surface area contributed by atoms with E-state index in [2.05, 4.69) is 20.9 Å². The predicted octanol–water partition coefficient (Wildman–Crippen LogP) is 5.22. The van der Waals surface area contributed by atoms with Crippen LogP contribution in [0.2, 0.25) is 0 Å². The number of methoxy groups -OCH3 is 1. The summed E-state index contributed by atoms with van der Waals surface area (Å²) in [5.41, 5.74) is 0.993. The Hall–Kier alpha value is -2.32. The molecule has 3 rings (SSSR count). The topological polar surface area (TPSA) is 48.4 Å². The van der Waals surface area contributed by atoms with Gasteiger partial charge in [0.1, 0.15) is 29.0 Å². The molecular formula is C18H12BrF2NO3S. The molecule has 0 atom stereocenters. The van der Waals surface area contributed by atoms with Gasteiger partial charge in [-0.3, -0.25) is 0 Å². The van der Waals surface area contributed by atoms with Crippen LogP contribution in [0.25, 0.3) is 10.6 Å². The first kappa shape index (κ1) is 18.5. The number of hydrogen-bond acceptors (Lipinski definition) is 5. The fourth-order valence-corrected chi connectivity index (χ4v) is 3.40. The van der Waals surface area contributed by atoms with Crippen LogP contribution in [0.15, 0.2) is 46.3 Å². The summed E-state index contributed by atoms with van der Waals surface area (Å²) in [7, 11) is 1.57. The Morgan fingerprint density at radius 1 is 1.23 bits per heavy atom. The van der Waals surface area contributed by atoms with Gasteiger partial charge in [0.25, 0.3) is 0 Å². The fourth-order valence-electron chi connectivity index (χ4n) is 2.22. The number of rotatable bonds is 5. The van der Waals surface area contributed by atoms with Crippen molar-refractivity contribution in [1.29, 1.82) is 0 Å². The Balaban J connectivity index is 1.73. The summed E-state index contributed by atoms with van der Waals surface area (Å²) in [5, 5.41) is 2.44. The molecule has 0 saturated carbocycles. The first-order valence-electron chi connectivity index (χ1n) is 7.38. The second-order valence-electron chi connectivity index (χ2n) is 5.19. The van der Waals surface area contributed by atoms with Gasteiger partial charge in [0.05, 0.1) is 23.9 Å². The van der Waals surface area contributed by atoms with Crippen molar-refractivity contribution in [2.45, 2.75) is 6.61 Å². The van der Waals surface area contributed by atoms with Crippen LogP contribution in [-0.2, 0) is 11.3 Å². The summed E-state index contributed by atoms with van der Waals surface area (Å²) >= 11 is 4.77. The van der Waals surface area contributed by atoms with Crippen LogP contribution in [0.4, 0.5) is 8.78 Å². The van der Waals surface area contributed by atoms with Crippen molar-refractivity contribution < 1.29 is 23.0 Å². The molecule has 1 heterocycles. The molecule has 134 valence electrons. The first-order chi connectivity index (χ1) is 12.5. The van der Waals surface area contributed by atoms with E-state index in [1.165, 1.54) is 11.3 Å². The molecule has 2 aromatic carbocycles. The smallest absolute Gasteiger partial charge is 0.341 e. The molecule has 8 heteroatoms. The highest BCUT2D eigenvalue weighted by molar-refractivity contribution is 9.10. The zero-order valence-corrected chi connectivity index (χ0v) is 15.9. The lowest BCUT2D eigenvalue weighted by atomic mass is 10.2. The lowest BCUT2D eigenvalue weighted by Crippen LogP contribution is -2.08. The third-order valence-electron chi connectivity index (χ3n) is 3.45. The van der Waals surface area contributed by atoms with Crippen molar-refractivity contribution in [2.75, 3.05) is 7.11 Å². The maximum absolute atomic E-state index is 13.6. The van der Waals surface area contributed by atoms with Crippen LogP contribution in [0, 0.1) is 11.6 Å². The van der Waals surface area contributed by atoms with Gasteiger partial charge in [-0.05, 0) is 30.3 Å². The highest BCUT2D eigenvalue weighted by atomic mass is 79.9. The second kappa shape index (κ2) is 7.92. The minimum absolute atomic E-state index is 0.123. The molecule has 0 saturated heterocycles. The van der Waals surface area contributed by atoms with Crippen molar-refractivity contribution in [2.24, 2.45) is 0 Å². The van der Waals surface area contributed by atoms with E-state index in [1.807, 2.05) is 18.2 Å². The van der Waals surface area contributed by atoms with E-state index in [4.69, 9.17) is 9.47 Å². The Labute approximate surface area is 160 Å². The molecule has 0 aliphatic carbocycles. The van der Waals surface area contributed by atoms with Gasteiger partial charge in [0.2, 0.25) is 0 Å². The normalized spacial score (nSPS) is 10.6. The Bertz CT molecular complexity index is 961. The number of benzene rings is 2. The third-order valence-corrected chi connectivity index (χ3v) is 4.86. The molecule has 4 nitrogen and oxygen atoms in total. The van der Waals surface area contributed by atoms with E-state index >= 15 is 0 Å². The number of esters is 1. The summed E-state index contributed by atoms with van der Waals surface area (Å²) in [5.74, 6) is -1.93. The minimum Gasteiger partial charge on any atom is -0.496 e. The summed E-state index contributed by atoms with van der Waals surface area (Å²) in [6, 6.07) is 8.23. The zero-order chi connectivity index (χ0) is 18.7. The molecule has 0 radical (unpaired) electrons. The number of carbonyl (C=O) groups is 1. The fraction of sp³-hybridized carbons (Fsp3) is 0.111. The van der Waals surface area contributed by atoms with E-state index in [9.17, 15) is 13.6 Å². The molecule has 0 aliphatic heterocycles. The van der Waals surface area contributed by atoms with Gasteiger partial charge in [-0.2, -0.15) is 0 Å². The molecule has 0 bridgehead atoms. The predicted molar refractivity (Wildman–Crippen MR) is 97.3 cm³/mol. The van der Waals surface area contributed by atoms with Crippen LogP contribution in [0.5, 0.6) is 5.75 Å². The van der Waals surface area contributed by atoms with Crippen molar-refractivity contribution >= 4 is 33.2 Å². The molecule has 0 spiro atoms. The van der Waals surface area contributed by atoms with Gasteiger partial charge in [-0.1, -0.05) is 15.9 Å². The minimum atomic E-state index is -0.965. The Morgan fingerprint density at radius 2 is 2.04 bits per heavy atom. The average Bonchev–Trinajstić information content (AvgIpc) is 3.08. The van der Waals surface area contributed by atoms with Gasteiger partial charge >= 0.3 is 5.97 Å². The number of halogens is 3. The molecule has 3 aromatic rings. The molecule has 1 aromatic heterocycles. The van der Waals surface area contributed by atoms with E-state index in [-0.39, 0.29) is 12.2 Å². The lowest BCUT2D eigenvalue weighted by Gasteiger charge is -2.06. The maximum atomic E-state index is 13.6. The maximum Gasteiger partial charge on any atom is 0.341 e. The van der Waals surface area contributed by atoms with Crippen molar-refractivity contribution in [3.8, 4) is 16.3 Å². The van der Waals surface area contributed by atoms with Crippen molar-refractivity contribution in [3.05, 3.63) is 69.1 Å². The molecule has 0 unspecified atom stereocenters. The number of ether oxygens (including phenoxy) is 2. The van der Waals surface area contributed by atoms with Crippen molar-refractivity contribution in [1.82, 2.24) is 4.98 Å².